The van der Waals surface area contributed by atoms with Gasteiger partial charge in [-0.15, -0.1) is 0 Å². The molecule has 4 heteroatoms. The van der Waals surface area contributed by atoms with Crippen LogP contribution >= 0.6 is 15.9 Å². The minimum Gasteiger partial charge on any atom is -0.453 e. The zero-order chi connectivity index (χ0) is 13.1. The predicted molar refractivity (Wildman–Crippen MR) is 70.0 cm³/mol. The molecular weight excluding hydrogens is 302 g/mol. The molecule has 0 saturated heterocycles. The second-order valence-corrected chi connectivity index (χ2v) is 4.65. The van der Waals surface area contributed by atoms with Crippen molar-refractivity contribution >= 4 is 15.9 Å². The average molecular weight is 313 g/mol. The summed E-state index contributed by atoms with van der Waals surface area (Å²) in [6.45, 7) is 2.04. The SMILES string of the molecule is CCc1ccc(Oc2ccc(F)cc2F)c(Br)c1. The standard InChI is InChI=1S/C14H11BrF2O/c1-2-9-3-5-13(11(15)7-9)18-14-6-4-10(16)8-12(14)17/h3-8H,2H2,1H3. The van der Waals surface area contributed by atoms with Crippen LogP contribution in [-0.4, -0.2) is 0 Å². The first-order valence-corrected chi connectivity index (χ1v) is 6.30. The lowest BCUT2D eigenvalue weighted by atomic mass is 10.2. The van der Waals surface area contributed by atoms with Gasteiger partial charge in [0.2, 0.25) is 0 Å². The van der Waals surface area contributed by atoms with Gasteiger partial charge in [-0.3, -0.25) is 0 Å². The van der Waals surface area contributed by atoms with E-state index in [9.17, 15) is 8.78 Å². The molecule has 0 saturated carbocycles. The summed E-state index contributed by atoms with van der Waals surface area (Å²) in [5, 5.41) is 0. The van der Waals surface area contributed by atoms with Crippen molar-refractivity contribution in [3.63, 3.8) is 0 Å². The third kappa shape index (κ3) is 2.88. The number of ether oxygens (including phenoxy) is 1. The zero-order valence-corrected chi connectivity index (χ0v) is 11.3. The van der Waals surface area contributed by atoms with Crippen LogP contribution in [0.1, 0.15) is 12.5 Å². The van der Waals surface area contributed by atoms with Gasteiger partial charge in [-0.2, -0.15) is 0 Å². The van der Waals surface area contributed by atoms with Gasteiger partial charge >= 0.3 is 0 Å². The summed E-state index contributed by atoms with van der Waals surface area (Å²) in [5.74, 6) is -0.847. The van der Waals surface area contributed by atoms with Crippen LogP contribution in [0, 0.1) is 11.6 Å². The van der Waals surface area contributed by atoms with Crippen LogP contribution < -0.4 is 4.74 Å². The third-order valence-corrected chi connectivity index (χ3v) is 3.14. The molecule has 0 radical (unpaired) electrons. The predicted octanol–water partition coefficient (Wildman–Crippen LogP) is 5.08. The van der Waals surface area contributed by atoms with Gasteiger partial charge in [0.05, 0.1) is 4.47 Å². The molecule has 0 aliphatic rings. The van der Waals surface area contributed by atoms with E-state index in [0.717, 1.165) is 28.6 Å². The first kappa shape index (κ1) is 13.0. The lowest BCUT2D eigenvalue weighted by molar-refractivity contribution is 0.435. The Hall–Kier alpha value is -1.42. The summed E-state index contributed by atoms with van der Waals surface area (Å²) >= 11 is 3.36. The van der Waals surface area contributed by atoms with E-state index in [1.54, 1.807) is 6.07 Å². The van der Waals surface area contributed by atoms with E-state index in [4.69, 9.17) is 4.74 Å². The topological polar surface area (TPSA) is 9.23 Å². The first-order valence-electron chi connectivity index (χ1n) is 5.51. The molecule has 2 aromatic rings. The van der Waals surface area contributed by atoms with Gasteiger partial charge in [0.25, 0.3) is 0 Å². The average Bonchev–Trinajstić information content (AvgIpc) is 2.34. The monoisotopic (exact) mass is 312 g/mol. The van der Waals surface area contributed by atoms with E-state index < -0.39 is 11.6 Å². The summed E-state index contributed by atoms with van der Waals surface area (Å²) in [6.07, 6.45) is 0.907. The van der Waals surface area contributed by atoms with Crippen LogP contribution in [0.2, 0.25) is 0 Å². The molecule has 0 aromatic heterocycles. The van der Waals surface area contributed by atoms with Crippen LogP contribution in [0.4, 0.5) is 8.78 Å². The van der Waals surface area contributed by atoms with Gasteiger partial charge in [-0.25, -0.2) is 8.78 Å². The van der Waals surface area contributed by atoms with E-state index >= 15 is 0 Å². The molecule has 18 heavy (non-hydrogen) atoms. The second-order valence-electron chi connectivity index (χ2n) is 3.80. The van der Waals surface area contributed by atoms with Crippen molar-refractivity contribution in [1.82, 2.24) is 0 Å². The molecule has 2 rings (SSSR count). The molecular formula is C14H11BrF2O. The normalized spacial score (nSPS) is 10.4. The largest absolute Gasteiger partial charge is 0.453 e. The first-order chi connectivity index (χ1) is 8.60. The molecule has 0 aliphatic heterocycles. The number of benzene rings is 2. The van der Waals surface area contributed by atoms with Crippen molar-refractivity contribution in [1.29, 1.82) is 0 Å². The molecule has 0 spiro atoms. The van der Waals surface area contributed by atoms with Gasteiger partial charge in [0, 0.05) is 6.07 Å². The maximum Gasteiger partial charge on any atom is 0.168 e. The van der Waals surface area contributed by atoms with Crippen molar-refractivity contribution in [3.05, 3.63) is 58.1 Å². The van der Waals surface area contributed by atoms with Gasteiger partial charge in [-0.05, 0) is 52.2 Å². The molecule has 0 atom stereocenters. The highest BCUT2D eigenvalue weighted by atomic mass is 79.9. The van der Waals surface area contributed by atoms with E-state index in [2.05, 4.69) is 15.9 Å². The second kappa shape index (κ2) is 5.48. The summed E-state index contributed by atoms with van der Waals surface area (Å²) < 4.78 is 32.3. The summed E-state index contributed by atoms with van der Waals surface area (Å²) in [5.41, 5.74) is 1.15. The quantitative estimate of drug-likeness (QED) is 0.767. The van der Waals surface area contributed by atoms with E-state index in [0.29, 0.717) is 5.75 Å². The summed E-state index contributed by atoms with van der Waals surface area (Å²) in [7, 11) is 0. The third-order valence-electron chi connectivity index (χ3n) is 2.52. The summed E-state index contributed by atoms with van der Waals surface area (Å²) in [6, 6.07) is 8.80. The Morgan fingerprint density at radius 3 is 2.39 bits per heavy atom. The number of hydrogen-bond donors (Lipinski definition) is 0. The van der Waals surface area contributed by atoms with Crippen LogP contribution in [0.5, 0.6) is 11.5 Å². The molecule has 0 heterocycles. The number of halogens is 3. The van der Waals surface area contributed by atoms with Crippen molar-refractivity contribution < 1.29 is 13.5 Å². The highest BCUT2D eigenvalue weighted by Crippen LogP contribution is 2.32. The Kier molecular flexibility index (Phi) is 3.97. The molecule has 94 valence electrons. The van der Waals surface area contributed by atoms with Crippen LogP contribution in [0.15, 0.2) is 40.9 Å². The maximum atomic E-state index is 13.4. The fourth-order valence-electron chi connectivity index (χ4n) is 1.52. The van der Waals surface area contributed by atoms with Gasteiger partial charge in [-0.1, -0.05) is 13.0 Å². The van der Waals surface area contributed by atoms with Crippen LogP contribution in [0.25, 0.3) is 0 Å². The zero-order valence-electron chi connectivity index (χ0n) is 9.71. The van der Waals surface area contributed by atoms with E-state index in [-0.39, 0.29) is 5.75 Å². The fourth-order valence-corrected chi connectivity index (χ4v) is 2.03. The Morgan fingerprint density at radius 1 is 1.06 bits per heavy atom. The Labute approximate surface area is 113 Å². The lowest BCUT2D eigenvalue weighted by Crippen LogP contribution is -1.91. The molecule has 0 fully saturated rings. The summed E-state index contributed by atoms with van der Waals surface area (Å²) in [4.78, 5) is 0. The maximum absolute atomic E-state index is 13.4. The lowest BCUT2D eigenvalue weighted by Gasteiger charge is -2.09. The fraction of sp³-hybridized carbons (Fsp3) is 0.143. The smallest absolute Gasteiger partial charge is 0.168 e. The highest BCUT2D eigenvalue weighted by Gasteiger charge is 2.08. The number of aryl methyl sites for hydroxylation is 1. The molecule has 0 bridgehead atoms. The van der Waals surface area contributed by atoms with Crippen molar-refractivity contribution in [2.24, 2.45) is 0 Å². The van der Waals surface area contributed by atoms with Crippen molar-refractivity contribution in [2.45, 2.75) is 13.3 Å². The molecule has 0 aliphatic carbocycles. The van der Waals surface area contributed by atoms with Gasteiger partial charge < -0.3 is 4.74 Å². The molecule has 2 aromatic carbocycles. The molecule has 0 amide bonds. The van der Waals surface area contributed by atoms with Crippen molar-refractivity contribution in [3.8, 4) is 11.5 Å². The molecule has 0 unspecified atom stereocenters. The van der Waals surface area contributed by atoms with Gasteiger partial charge in [0.15, 0.2) is 11.6 Å². The number of rotatable bonds is 3. The van der Waals surface area contributed by atoms with E-state index in [1.807, 2.05) is 19.1 Å². The van der Waals surface area contributed by atoms with E-state index in [1.165, 1.54) is 6.07 Å². The number of hydrogen-bond acceptors (Lipinski definition) is 1. The minimum atomic E-state index is -0.721. The Balaban J connectivity index is 2.28. The Morgan fingerprint density at radius 2 is 1.78 bits per heavy atom. The Bertz CT molecular complexity index is 570. The van der Waals surface area contributed by atoms with Crippen LogP contribution in [0.3, 0.4) is 0 Å². The van der Waals surface area contributed by atoms with Crippen LogP contribution in [-0.2, 0) is 6.42 Å². The minimum absolute atomic E-state index is 0.00125. The molecule has 0 N–H and O–H groups in total. The van der Waals surface area contributed by atoms with Crippen molar-refractivity contribution in [2.75, 3.05) is 0 Å². The highest BCUT2D eigenvalue weighted by molar-refractivity contribution is 9.10. The molecule has 1 nitrogen and oxygen atoms in total. The van der Waals surface area contributed by atoms with Gasteiger partial charge in [0.1, 0.15) is 11.6 Å².